The maximum atomic E-state index is 6.16. The first-order valence-electron chi connectivity index (χ1n) is 8.98. The van der Waals surface area contributed by atoms with E-state index in [-0.39, 0.29) is 0 Å². The van der Waals surface area contributed by atoms with Crippen LogP contribution in [0.4, 0.5) is 11.4 Å². The van der Waals surface area contributed by atoms with Crippen LogP contribution in [0.5, 0.6) is 0 Å². The molecular weight excluding hydrogens is 306 g/mol. The number of hydrogen-bond donors (Lipinski definition) is 2. The summed E-state index contributed by atoms with van der Waals surface area (Å²) < 4.78 is 0. The van der Waals surface area contributed by atoms with Crippen LogP contribution in [-0.2, 0) is 19.3 Å². The van der Waals surface area contributed by atoms with E-state index in [1.165, 1.54) is 27.5 Å². The quantitative estimate of drug-likeness (QED) is 0.525. The molecule has 1 aliphatic rings. The van der Waals surface area contributed by atoms with E-state index in [9.17, 15) is 0 Å². The van der Waals surface area contributed by atoms with Crippen LogP contribution in [0.3, 0.4) is 0 Å². The first-order valence-corrected chi connectivity index (χ1v) is 8.98. The largest absolute Gasteiger partial charge is 0.369 e. The fourth-order valence-electron chi connectivity index (χ4n) is 3.68. The van der Waals surface area contributed by atoms with Crippen molar-refractivity contribution in [1.29, 1.82) is 0 Å². The molecule has 0 bridgehead atoms. The fraction of sp³-hybridized carbons (Fsp3) is 0.227. The summed E-state index contributed by atoms with van der Waals surface area (Å²) in [5.74, 6) is 0.418. The van der Waals surface area contributed by atoms with Crippen molar-refractivity contribution < 1.29 is 0 Å². The molecule has 3 N–H and O–H groups in total. The van der Waals surface area contributed by atoms with Crippen molar-refractivity contribution >= 4 is 28.1 Å². The average Bonchev–Trinajstić information content (AvgIpc) is 3.04. The van der Waals surface area contributed by atoms with Crippen LogP contribution in [0.25, 0.3) is 10.8 Å². The SMILES string of the molecule is CCCc1ccc(NC(N)=Nc2ccc3c4c(cccc24)CC3)cc1. The first kappa shape index (κ1) is 15.7. The van der Waals surface area contributed by atoms with Gasteiger partial charge in [0.25, 0.3) is 0 Å². The molecule has 0 saturated carbocycles. The third-order valence-electron chi connectivity index (χ3n) is 4.86. The summed E-state index contributed by atoms with van der Waals surface area (Å²) in [4.78, 5) is 4.63. The van der Waals surface area contributed by atoms with Crippen LogP contribution < -0.4 is 11.1 Å². The lowest BCUT2D eigenvalue weighted by molar-refractivity contribution is 0.922. The van der Waals surface area contributed by atoms with E-state index in [0.29, 0.717) is 5.96 Å². The lowest BCUT2D eigenvalue weighted by atomic mass is 10.0. The highest BCUT2D eigenvalue weighted by Gasteiger charge is 2.15. The zero-order valence-corrected chi connectivity index (χ0v) is 14.5. The van der Waals surface area contributed by atoms with Crippen molar-refractivity contribution in [3.05, 3.63) is 71.3 Å². The monoisotopic (exact) mass is 329 g/mol. The summed E-state index contributed by atoms with van der Waals surface area (Å²) in [6.45, 7) is 2.19. The Morgan fingerprint density at radius 2 is 1.76 bits per heavy atom. The molecular formula is C22H23N3. The number of benzene rings is 3. The summed E-state index contributed by atoms with van der Waals surface area (Å²) in [5, 5.41) is 5.75. The summed E-state index contributed by atoms with van der Waals surface area (Å²) in [6, 6.07) is 19.1. The summed E-state index contributed by atoms with van der Waals surface area (Å²) >= 11 is 0. The lowest BCUT2D eigenvalue weighted by Crippen LogP contribution is -2.21. The molecule has 3 aromatic carbocycles. The number of hydrogen-bond acceptors (Lipinski definition) is 1. The number of anilines is 1. The van der Waals surface area contributed by atoms with Gasteiger partial charge in [-0.1, -0.05) is 49.7 Å². The van der Waals surface area contributed by atoms with Gasteiger partial charge in [-0.3, -0.25) is 0 Å². The van der Waals surface area contributed by atoms with Crippen molar-refractivity contribution in [2.24, 2.45) is 10.7 Å². The third kappa shape index (κ3) is 3.10. The highest BCUT2D eigenvalue weighted by molar-refractivity contribution is 6.02. The van der Waals surface area contributed by atoms with Gasteiger partial charge in [0.05, 0.1) is 5.69 Å². The van der Waals surface area contributed by atoms with Gasteiger partial charge >= 0.3 is 0 Å². The summed E-state index contributed by atoms with van der Waals surface area (Å²) in [6.07, 6.45) is 4.50. The Hall–Kier alpha value is -2.81. The van der Waals surface area contributed by atoms with E-state index in [2.05, 4.69) is 71.8 Å². The fourth-order valence-corrected chi connectivity index (χ4v) is 3.68. The molecule has 1 aliphatic carbocycles. The Bertz CT molecular complexity index is 929. The van der Waals surface area contributed by atoms with E-state index < -0.39 is 0 Å². The number of guanidine groups is 1. The Morgan fingerprint density at radius 3 is 2.52 bits per heavy atom. The second-order valence-corrected chi connectivity index (χ2v) is 6.65. The zero-order valence-electron chi connectivity index (χ0n) is 14.5. The molecule has 3 heteroatoms. The molecule has 126 valence electrons. The molecule has 0 aromatic heterocycles. The Labute approximate surface area is 148 Å². The van der Waals surface area contributed by atoms with Crippen LogP contribution in [0, 0.1) is 0 Å². The minimum atomic E-state index is 0.418. The highest BCUT2D eigenvalue weighted by Crippen LogP contribution is 2.36. The second-order valence-electron chi connectivity index (χ2n) is 6.65. The molecule has 3 aromatic rings. The minimum absolute atomic E-state index is 0.418. The molecule has 3 nitrogen and oxygen atoms in total. The maximum absolute atomic E-state index is 6.16. The number of aliphatic imine (C=N–C) groups is 1. The van der Waals surface area contributed by atoms with Crippen LogP contribution in [0.2, 0.25) is 0 Å². The van der Waals surface area contributed by atoms with Gasteiger partial charge in [-0.05, 0) is 59.5 Å². The van der Waals surface area contributed by atoms with E-state index in [0.717, 1.165) is 37.1 Å². The predicted molar refractivity (Wildman–Crippen MR) is 107 cm³/mol. The van der Waals surface area contributed by atoms with Gasteiger partial charge in [-0.15, -0.1) is 0 Å². The molecule has 0 spiro atoms. The standard InChI is InChI=1S/C22H23N3/c1-2-4-15-7-12-18(13-8-15)24-22(23)25-20-14-11-17-10-9-16-5-3-6-19(20)21(16)17/h3,5-8,11-14H,2,4,9-10H2,1H3,(H3,23,24,25). The number of nitrogens with one attached hydrogen (secondary N) is 1. The van der Waals surface area contributed by atoms with Gasteiger partial charge in [-0.25, -0.2) is 4.99 Å². The van der Waals surface area contributed by atoms with Crippen molar-refractivity contribution in [3.8, 4) is 0 Å². The van der Waals surface area contributed by atoms with Gasteiger partial charge in [-0.2, -0.15) is 0 Å². The molecule has 4 rings (SSSR count). The summed E-state index contributed by atoms with van der Waals surface area (Å²) in [5.41, 5.74) is 12.2. The van der Waals surface area contributed by atoms with Crippen molar-refractivity contribution in [2.45, 2.75) is 32.6 Å². The average molecular weight is 329 g/mol. The number of nitrogens with zero attached hydrogens (tertiary/aromatic N) is 1. The van der Waals surface area contributed by atoms with Crippen LogP contribution >= 0.6 is 0 Å². The number of aryl methyl sites for hydroxylation is 3. The van der Waals surface area contributed by atoms with Gasteiger partial charge < -0.3 is 11.1 Å². The van der Waals surface area contributed by atoms with Gasteiger partial charge in [0.15, 0.2) is 5.96 Å². The van der Waals surface area contributed by atoms with Gasteiger partial charge in [0, 0.05) is 11.1 Å². The molecule has 0 unspecified atom stereocenters. The minimum Gasteiger partial charge on any atom is -0.369 e. The molecule has 0 fully saturated rings. The number of nitrogens with two attached hydrogens (primary N) is 1. The summed E-state index contributed by atoms with van der Waals surface area (Å²) in [7, 11) is 0. The smallest absolute Gasteiger partial charge is 0.198 e. The first-order chi connectivity index (χ1) is 12.2. The predicted octanol–water partition coefficient (Wildman–Crippen LogP) is 4.95. The van der Waals surface area contributed by atoms with E-state index in [1.807, 2.05) is 0 Å². The maximum Gasteiger partial charge on any atom is 0.198 e. The lowest BCUT2D eigenvalue weighted by Gasteiger charge is -2.09. The molecule has 0 aliphatic heterocycles. The molecule has 0 atom stereocenters. The zero-order chi connectivity index (χ0) is 17.2. The normalized spacial score (nSPS) is 13.4. The molecule has 0 saturated heterocycles. The van der Waals surface area contributed by atoms with E-state index in [4.69, 9.17) is 5.73 Å². The van der Waals surface area contributed by atoms with E-state index >= 15 is 0 Å². The van der Waals surface area contributed by atoms with E-state index in [1.54, 1.807) is 0 Å². The van der Waals surface area contributed by atoms with Crippen molar-refractivity contribution in [3.63, 3.8) is 0 Å². The van der Waals surface area contributed by atoms with Crippen molar-refractivity contribution in [2.75, 3.05) is 5.32 Å². The Morgan fingerprint density at radius 1 is 1.00 bits per heavy atom. The molecule has 25 heavy (non-hydrogen) atoms. The highest BCUT2D eigenvalue weighted by atomic mass is 15.1. The molecule has 0 radical (unpaired) electrons. The number of rotatable bonds is 4. The van der Waals surface area contributed by atoms with Crippen LogP contribution in [-0.4, -0.2) is 5.96 Å². The van der Waals surface area contributed by atoms with Gasteiger partial charge in [0.2, 0.25) is 0 Å². The molecule has 0 amide bonds. The molecule has 0 heterocycles. The second kappa shape index (κ2) is 6.60. The van der Waals surface area contributed by atoms with Crippen LogP contribution in [0.1, 0.15) is 30.0 Å². The van der Waals surface area contributed by atoms with Gasteiger partial charge in [0.1, 0.15) is 0 Å². The van der Waals surface area contributed by atoms with Crippen LogP contribution in [0.15, 0.2) is 59.6 Å². The Balaban J connectivity index is 1.61. The topological polar surface area (TPSA) is 50.4 Å². The van der Waals surface area contributed by atoms with Crippen molar-refractivity contribution in [1.82, 2.24) is 0 Å². The Kier molecular flexibility index (Phi) is 4.14. The third-order valence-corrected chi connectivity index (χ3v) is 4.86.